The van der Waals surface area contributed by atoms with Crippen LogP contribution in [-0.2, 0) is 58.9 Å². The Balaban J connectivity index is 2.82. The van der Waals surface area contributed by atoms with Crippen LogP contribution in [0, 0.1) is 0 Å². The highest BCUT2D eigenvalue weighted by atomic mass is 16.6. The fourth-order valence-corrected chi connectivity index (χ4v) is 7.65. The number of carboxylic acid groups (broad SMARTS) is 1. The van der Waals surface area contributed by atoms with Gasteiger partial charge in [0.1, 0.15) is 28.0 Å². The average molecular weight is 919 g/mol. The highest BCUT2D eigenvalue weighted by Crippen LogP contribution is 2.30. The maximum Gasteiger partial charge on any atom is 0.320 e. The Labute approximate surface area is 388 Å². The van der Waals surface area contributed by atoms with Crippen molar-refractivity contribution in [2.24, 2.45) is 0 Å². The molecule has 370 valence electrons. The highest BCUT2D eigenvalue weighted by molar-refractivity contribution is 5.76. The van der Waals surface area contributed by atoms with Gasteiger partial charge in [0.2, 0.25) is 0 Å². The van der Waals surface area contributed by atoms with Gasteiger partial charge in [-0.25, -0.2) is 0 Å². The molecule has 0 unspecified atom stereocenters. The monoisotopic (exact) mass is 919 g/mol. The van der Waals surface area contributed by atoms with Crippen molar-refractivity contribution >= 4 is 41.5 Å². The van der Waals surface area contributed by atoms with Gasteiger partial charge in [0.25, 0.3) is 0 Å². The molecule has 0 radical (unpaired) electrons. The van der Waals surface area contributed by atoms with Gasteiger partial charge in [0.05, 0.1) is 32.7 Å². The van der Waals surface area contributed by atoms with Crippen LogP contribution >= 0.6 is 0 Å². The number of carboxylic acids is 1. The minimum Gasteiger partial charge on any atom is -0.481 e. The number of rotatable bonds is 22. The molecule has 3 atom stereocenters. The Morgan fingerprint density at radius 1 is 0.569 bits per heavy atom. The summed E-state index contributed by atoms with van der Waals surface area (Å²) in [5.41, 5.74) is -2.35. The number of nitrogens with zero attached hydrogens (tertiary/aromatic N) is 3. The summed E-state index contributed by atoms with van der Waals surface area (Å²) in [6.45, 7) is 26.1. The molecule has 1 aliphatic rings. The Hall–Kier alpha value is -4.28. The molecule has 1 aromatic carbocycles. The molecule has 16 nitrogen and oxygen atoms in total. The van der Waals surface area contributed by atoms with Crippen molar-refractivity contribution in [2.75, 3.05) is 51.1 Å². The number of hydrogen-bond donors (Lipinski definition) is 2. The molecule has 0 heterocycles. The van der Waals surface area contributed by atoms with E-state index >= 15 is 0 Å². The molecular formula is C49H82N4O12. The quantitative estimate of drug-likeness (QED) is 0.0701. The van der Waals surface area contributed by atoms with Crippen molar-refractivity contribution in [3.8, 4) is 0 Å². The molecule has 0 bridgehead atoms. The number of benzene rings is 1. The zero-order valence-electron chi connectivity index (χ0n) is 42.2. The van der Waals surface area contributed by atoms with Gasteiger partial charge in [-0.3, -0.25) is 43.5 Å². The van der Waals surface area contributed by atoms with E-state index in [4.69, 9.17) is 28.8 Å². The van der Waals surface area contributed by atoms with Crippen molar-refractivity contribution in [1.82, 2.24) is 14.7 Å². The molecular weight excluding hydrogens is 837 g/mol. The second kappa shape index (κ2) is 24.5. The van der Waals surface area contributed by atoms with E-state index in [0.29, 0.717) is 32.2 Å². The van der Waals surface area contributed by atoms with E-state index in [1.54, 1.807) is 114 Å². The zero-order chi connectivity index (χ0) is 49.6. The number of esters is 5. The molecule has 1 aliphatic carbocycles. The van der Waals surface area contributed by atoms with Gasteiger partial charge in [0, 0.05) is 43.3 Å². The van der Waals surface area contributed by atoms with E-state index in [9.17, 15) is 28.8 Å². The molecule has 65 heavy (non-hydrogen) atoms. The second-order valence-electron chi connectivity index (χ2n) is 22.1. The Morgan fingerprint density at radius 3 is 1.29 bits per heavy atom. The smallest absolute Gasteiger partial charge is 0.320 e. The van der Waals surface area contributed by atoms with E-state index in [-0.39, 0.29) is 45.7 Å². The van der Waals surface area contributed by atoms with Gasteiger partial charge in [0.15, 0.2) is 0 Å². The van der Waals surface area contributed by atoms with E-state index in [0.717, 1.165) is 24.1 Å². The van der Waals surface area contributed by atoms with Crippen LogP contribution in [-0.4, -0.2) is 148 Å². The summed E-state index contributed by atoms with van der Waals surface area (Å²) in [7, 11) is 0. The van der Waals surface area contributed by atoms with Crippen LogP contribution in [0.3, 0.4) is 0 Å². The van der Waals surface area contributed by atoms with Gasteiger partial charge >= 0.3 is 35.8 Å². The van der Waals surface area contributed by atoms with E-state index in [1.807, 2.05) is 29.2 Å². The van der Waals surface area contributed by atoms with E-state index in [1.165, 1.54) is 0 Å². The third kappa shape index (κ3) is 25.3. The second-order valence-corrected chi connectivity index (χ2v) is 22.1. The van der Waals surface area contributed by atoms with Crippen LogP contribution in [0.15, 0.2) is 24.3 Å². The van der Waals surface area contributed by atoms with Crippen LogP contribution in [0.1, 0.15) is 148 Å². The molecule has 0 saturated heterocycles. The summed E-state index contributed by atoms with van der Waals surface area (Å²) in [4.78, 5) is 85.2. The molecule has 2 rings (SSSR count). The molecule has 1 fully saturated rings. The van der Waals surface area contributed by atoms with Crippen molar-refractivity contribution in [3.63, 3.8) is 0 Å². The van der Waals surface area contributed by atoms with Gasteiger partial charge in [-0.1, -0.05) is 25.0 Å². The van der Waals surface area contributed by atoms with E-state index < -0.39 is 81.9 Å². The first-order valence-corrected chi connectivity index (χ1v) is 23.0. The average Bonchev–Trinajstić information content (AvgIpc) is 3.09. The lowest BCUT2D eigenvalue weighted by molar-refractivity contribution is -0.164. The first kappa shape index (κ1) is 56.8. The lowest BCUT2D eigenvalue weighted by atomic mass is 9.87. The summed E-state index contributed by atoms with van der Waals surface area (Å²) in [6.07, 6.45) is 3.58. The highest BCUT2D eigenvalue weighted by Gasteiger charge is 2.40. The summed E-state index contributed by atoms with van der Waals surface area (Å²) >= 11 is 0. The molecule has 16 heteroatoms. The number of hydrogen-bond acceptors (Lipinski definition) is 15. The predicted octanol–water partition coefficient (Wildman–Crippen LogP) is 6.80. The van der Waals surface area contributed by atoms with Crippen molar-refractivity contribution in [3.05, 3.63) is 29.8 Å². The fourth-order valence-electron chi connectivity index (χ4n) is 7.65. The minimum absolute atomic E-state index is 0.0410. The topological polar surface area (TPSA) is 191 Å². The molecule has 2 N–H and O–H groups in total. The van der Waals surface area contributed by atoms with Gasteiger partial charge in [-0.2, -0.15) is 0 Å². The van der Waals surface area contributed by atoms with Crippen molar-refractivity contribution in [1.29, 1.82) is 0 Å². The standard InChI is InChI=1S/C49H82N4O12/c1-45(2,3)61-40(56)29-51(30-41(57)62-46(4,5)6)36(27-34-22-24-35(25-23-34)50-26-18-21-39(54)55)28-52(31-42(58)63-47(7,8)9)37-19-16-17-20-38(37)53(32-43(59)64-48(10,11)12)33-44(60)65-49(13,14)15/h22-25,36-38,50H,16-21,26-33H2,1-15H3,(H,54,55)/t36-,37+,38+/m1/s1. The SMILES string of the molecule is CC(C)(C)OC(=O)CN(CC(=O)OC(C)(C)C)[C@H](Cc1ccc(NCCCC(=O)O)cc1)CN(CC(=O)OC(C)(C)C)[C@H]1CCCC[C@@H]1N(CC(=O)OC(C)(C)C)CC(=O)OC(C)(C)C. The lowest BCUT2D eigenvalue weighted by Crippen LogP contribution is -2.60. The molecule has 1 aromatic rings. The van der Waals surface area contributed by atoms with Gasteiger partial charge in [-0.15, -0.1) is 0 Å². The molecule has 1 saturated carbocycles. The maximum atomic E-state index is 14.0. The summed E-state index contributed by atoms with van der Waals surface area (Å²) in [5, 5.41) is 12.3. The van der Waals surface area contributed by atoms with Crippen molar-refractivity contribution in [2.45, 2.75) is 195 Å². The van der Waals surface area contributed by atoms with Crippen LogP contribution < -0.4 is 5.32 Å². The fraction of sp³-hybridized carbons (Fsp3) is 0.755. The number of aliphatic carboxylic acids is 1. The van der Waals surface area contributed by atoms with E-state index in [2.05, 4.69) is 5.32 Å². The van der Waals surface area contributed by atoms with Crippen LogP contribution in [0.5, 0.6) is 0 Å². The summed E-state index contributed by atoms with van der Waals surface area (Å²) in [6, 6.07) is 6.18. The Kier molecular flexibility index (Phi) is 21.4. The number of nitrogens with one attached hydrogen (secondary N) is 1. The molecule has 0 aliphatic heterocycles. The minimum atomic E-state index is -0.866. The number of carbonyl (C=O) groups excluding carboxylic acids is 5. The lowest BCUT2D eigenvalue weighted by Gasteiger charge is -2.46. The normalized spacial score (nSPS) is 16.8. The van der Waals surface area contributed by atoms with Gasteiger partial charge < -0.3 is 34.1 Å². The van der Waals surface area contributed by atoms with Crippen LogP contribution in [0.2, 0.25) is 0 Å². The van der Waals surface area contributed by atoms with Crippen LogP contribution in [0.4, 0.5) is 5.69 Å². The molecule has 0 spiro atoms. The zero-order valence-corrected chi connectivity index (χ0v) is 42.2. The van der Waals surface area contributed by atoms with Gasteiger partial charge in [-0.05, 0) is 147 Å². The molecule has 0 aromatic heterocycles. The first-order chi connectivity index (χ1) is 29.7. The Bertz CT molecular complexity index is 1650. The number of anilines is 1. The van der Waals surface area contributed by atoms with Crippen LogP contribution in [0.25, 0.3) is 0 Å². The third-order valence-electron chi connectivity index (χ3n) is 9.68. The third-order valence-corrected chi connectivity index (χ3v) is 9.68. The Morgan fingerprint density at radius 2 is 0.923 bits per heavy atom. The first-order valence-electron chi connectivity index (χ1n) is 23.0. The largest absolute Gasteiger partial charge is 0.481 e. The maximum absolute atomic E-state index is 14.0. The summed E-state index contributed by atoms with van der Waals surface area (Å²) < 4.78 is 29.0. The number of ether oxygens (including phenoxy) is 5. The summed E-state index contributed by atoms with van der Waals surface area (Å²) in [5.74, 6) is -3.49. The van der Waals surface area contributed by atoms with Crippen molar-refractivity contribution < 1.29 is 57.6 Å². The number of carbonyl (C=O) groups is 6. The molecule has 0 amide bonds. The predicted molar refractivity (Wildman–Crippen MR) is 249 cm³/mol.